The lowest BCUT2D eigenvalue weighted by Crippen LogP contribution is -2.49. The standard InChI is InChI=1S/C14H21F3N2O4/c15-14(16,17)9-18-13(21)11-4-1-5-19(11)12(20)8-22-7-10-3-2-6-23-10/h10-11H,1-9H2,(H,18,21)/t10-,11+/m1/s1. The third-order valence-corrected chi connectivity index (χ3v) is 3.89. The number of ether oxygens (including phenoxy) is 2. The maximum absolute atomic E-state index is 12.1. The second kappa shape index (κ2) is 7.96. The van der Waals surface area contributed by atoms with Crippen molar-refractivity contribution in [3.63, 3.8) is 0 Å². The molecule has 2 amide bonds. The number of hydrogen-bond donors (Lipinski definition) is 1. The van der Waals surface area contributed by atoms with Gasteiger partial charge in [0.05, 0.1) is 12.7 Å². The number of alkyl halides is 3. The molecule has 2 fully saturated rings. The SMILES string of the molecule is O=C(NCC(F)(F)F)[C@@H]1CCCN1C(=O)COC[C@H]1CCCO1. The van der Waals surface area contributed by atoms with Gasteiger partial charge >= 0.3 is 6.18 Å². The lowest BCUT2D eigenvalue weighted by Gasteiger charge is -2.24. The van der Waals surface area contributed by atoms with Crippen LogP contribution in [-0.4, -0.2) is 67.9 Å². The molecule has 9 heteroatoms. The number of amides is 2. The molecule has 132 valence electrons. The van der Waals surface area contributed by atoms with E-state index in [4.69, 9.17) is 9.47 Å². The van der Waals surface area contributed by atoms with E-state index in [0.717, 1.165) is 12.8 Å². The summed E-state index contributed by atoms with van der Waals surface area (Å²) in [4.78, 5) is 25.2. The molecule has 0 unspecified atom stereocenters. The first-order chi connectivity index (χ1) is 10.9. The minimum atomic E-state index is -4.46. The van der Waals surface area contributed by atoms with Crippen molar-refractivity contribution in [1.82, 2.24) is 10.2 Å². The number of nitrogens with one attached hydrogen (secondary N) is 1. The Morgan fingerprint density at radius 1 is 1.26 bits per heavy atom. The van der Waals surface area contributed by atoms with E-state index in [2.05, 4.69) is 0 Å². The fourth-order valence-electron chi connectivity index (χ4n) is 2.78. The maximum atomic E-state index is 12.1. The molecule has 0 bridgehead atoms. The molecule has 0 aromatic rings. The van der Waals surface area contributed by atoms with Gasteiger partial charge in [-0.05, 0) is 25.7 Å². The van der Waals surface area contributed by atoms with Crippen molar-refractivity contribution in [2.45, 2.75) is 44.0 Å². The summed E-state index contributed by atoms with van der Waals surface area (Å²) < 4.78 is 47.1. The van der Waals surface area contributed by atoms with Gasteiger partial charge in [0, 0.05) is 13.2 Å². The normalized spacial score (nSPS) is 24.9. The highest BCUT2D eigenvalue weighted by Gasteiger charge is 2.36. The minimum absolute atomic E-state index is 0.00717. The van der Waals surface area contributed by atoms with E-state index in [-0.39, 0.29) is 18.6 Å². The Labute approximate surface area is 132 Å². The quantitative estimate of drug-likeness (QED) is 0.780. The fraction of sp³-hybridized carbons (Fsp3) is 0.857. The summed E-state index contributed by atoms with van der Waals surface area (Å²) >= 11 is 0. The van der Waals surface area contributed by atoms with Crippen molar-refractivity contribution in [1.29, 1.82) is 0 Å². The van der Waals surface area contributed by atoms with Gasteiger partial charge in [-0.1, -0.05) is 0 Å². The third kappa shape index (κ3) is 5.65. The Bertz CT molecular complexity index is 425. The zero-order valence-corrected chi connectivity index (χ0v) is 12.7. The van der Waals surface area contributed by atoms with E-state index in [0.29, 0.717) is 32.6 Å². The first kappa shape index (κ1) is 18.0. The van der Waals surface area contributed by atoms with Gasteiger partial charge in [-0.2, -0.15) is 13.2 Å². The zero-order valence-electron chi connectivity index (χ0n) is 12.7. The lowest BCUT2D eigenvalue weighted by atomic mass is 10.2. The minimum Gasteiger partial charge on any atom is -0.376 e. The van der Waals surface area contributed by atoms with E-state index in [1.165, 1.54) is 4.90 Å². The number of carbonyl (C=O) groups is 2. The predicted molar refractivity (Wildman–Crippen MR) is 73.6 cm³/mol. The van der Waals surface area contributed by atoms with Crippen LogP contribution in [0.2, 0.25) is 0 Å². The Kier molecular flexibility index (Phi) is 6.23. The molecule has 0 radical (unpaired) electrons. The Morgan fingerprint density at radius 2 is 2.04 bits per heavy atom. The topological polar surface area (TPSA) is 67.9 Å². The molecule has 0 aromatic carbocycles. The average Bonchev–Trinajstić information content (AvgIpc) is 3.14. The number of rotatable bonds is 6. The second-order valence-electron chi connectivity index (χ2n) is 5.73. The molecule has 23 heavy (non-hydrogen) atoms. The van der Waals surface area contributed by atoms with Crippen LogP contribution in [0.5, 0.6) is 0 Å². The summed E-state index contributed by atoms with van der Waals surface area (Å²) in [6.45, 7) is -0.227. The number of likely N-dealkylation sites (tertiary alicyclic amines) is 1. The van der Waals surface area contributed by atoms with Gasteiger partial charge < -0.3 is 19.7 Å². The summed E-state index contributed by atoms with van der Waals surface area (Å²) in [5.74, 6) is -1.15. The van der Waals surface area contributed by atoms with Crippen molar-refractivity contribution in [3.05, 3.63) is 0 Å². The van der Waals surface area contributed by atoms with Gasteiger partial charge in [0.25, 0.3) is 0 Å². The predicted octanol–water partition coefficient (Wildman–Crippen LogP) is 0.851. The highest BCUT2D eigenvalue weighted by Crippen LogP contribution is 2.19. The van der Waals surface area contributed by atoms with Crippen molar-refractivity contribution in [2.24, 2.45) is 0 Å². The molecule has 1 N–H and O–H groups in total. The molecular formula is C14H21F3N2O4. The molecule has 0 spiro atoms. The first-order valence-electron chi connectivity index (χ1n) is 7.70. The second-order valence-corrected chi connectivity index (χ2v) is 5.73. The molecule has 2 heterocycles. The lowest BCUT2D eigenvalue weighted by molar-refractivity contribution is -0.147. The van der Waals surface area contributed by atoms with Crippen LogP contribution in [0.25, 0.3) is 0 Å². The molecule has 0 aromatic heterocycles. The van der Waals surface area contributed by atoms with Gasteiger partial charge in [-0.15, -0.1) is 0 Å². The van der Waals surface area contributed by atoms with Crippen molar-refractivity contribution in [2.75, 3.05) is 32.9 Å². The zero-order chi connectivity index (χ0) is 16.9. The van der Waals surface area contributed by atoms with Crippen LogP contribution in [0.1, 0.15) is 25.7 Å². The number of nitrogens with zero attached hydrogens (tertiary/aromatic N) is 1. The number of halogens is 3. The smallest absolute Gasteiger partial charge is 0.376 e. The van der Waals surface area contributed by atoms with Gasteiger partial charge in [-0.3, -0.25) is 9.59 Å². The Morgan fingerprint density at radius 3 is 2.70 bits per heavy atom. The van der Waals surface area contributed by atoms with Crippen LogP contribution in [0.3, 0.4) is 0 Å². The molecule has 2 atom stereocenters. The molecule has 6 nitrogen and oxygen atoms in total. The molecule has 0 saturated carbocycles. The van der Waals surface area contributed by atoms with Crippen LogP contribution < -0.4 is 5.32 Å². The first-order valence-corrected chi connectivity index (χ1v) is 7.70. The molecule has 2 saturated heterocycles. The molecule has 2 aliphatic heterocycles. The van der Waals surface area contributed by atoms with Gasteiger partial charge in [-0.25, -0.2) is 0 Å². The third-order valence-electron chi connectivity index (χ3n) is 3.89. The van der Waals surface area contributed by atoms with Crippen molar-refractivity contribution >= 4 is 11.8 Å². The van der Waals surface area contributed by atoms with Crippen LogP contribution in [0, 0.1) is 0 Å². The Hall–Kier alpha value is -1.35. The van der Waals surface area contributed by atoms with Crippen LogP contribution in [-0.2, 0) is 19.1 Å². The van der Waals surface area contributed by atoms with E-state index in [1.807, 2.05) is 5.32 Å². The highest BCUT2D eigenvalue weighted by atomic mass is 19.4. The van der Waals surface area contributed by atoms with E-state index < -0.39 is 24.7 Å². The van der Waals surface area contributed by atoms with Crippen molar-refractivity contribution in [3.8, 4) is 0 Å². The van der Waals surface area contributed by atoms with Crippen LogP contribution >= 0.6 is 0 Å². The monoisotopic (exact) mass is 338 g/mol. The molecule has 2 rings (SSSR count). The largest absolute Gasteiger partial charge is 0.405 e. The van der Waals surface area contributed by atoms with Crippen LogP contribution in [0.15, 0.2) is 0 Å². The Balaban J connectivity index is 1.75. The number of carbonyl (C=O) groups excluding carboxylic acids is 2. The molecule has 0 aliphatic carbocycles. The average molecular weight is 338 g/mol. The van der Waals surface area contributed by atoms with E-state index in [1.54, 1.807) is 0 Å². The maximum Gasteiger partial charge on any atom is 0.405 e. The van der Waals surface area contributed by atoms with Gasteiger partial charge in [0.1, 0.15) is 19.2 Å². The molecule has 2 aliphatic rings. The summed E-state index contributed by atoms with van der Waals surface area (Å²) in [7, 11) is 0. The summed E-state index contributed by atoms with van der Waals surface area (Å²) in [5, 5.41) is 1.83. The highest BCUT2D eigenvalue weighted by molar-refractivity contribution is 5.88. The summed E-state index contributed by atoms with van der Waals surface area (Å²) in [6.07, 6.45) is -1.67. The number of hydrogen-bond acceptors (Lipinski definition) is 4. The van der Waals surface area contributed by atoms with E-state index in [9.17, 15) is 22.8 Å². The van der Waals surface area contributed by atoms with Crippen LogP contribution in [0.4, 0.5) is 13.2 Å². The van der Waals surface area contributed by atoms with Crippen molar-refractivity contribution < 1.29 is 32.2 Å². The van der Waals surface area contributed by atoms with E-state index >= 15 is 0 Å². The fourth-order valence-corrected chi connectivity index (χ4v) is 2.78. The molecular weight excluding hydrogens is 317 g/mol. The summed E-state index contributed by atoms with van der Waals surface area (Å²) in [6, 6.07) is -0.851. The summed E-state index contributed by atoms with van der Waals surface area (Å²) in [5.41, 5.74) is 0. The van der Waals surface area contributed by atoms with Gasteiger partial charge in [0.15, 0.2) is 0 Å². The van der Waals surface area contributed by atoms with Gasteiger partial charge in [0.2, 0.25) is 11.8 Å².